The average Bonchev–Trinajstić information content (AvgIpc) is 3.07. The van der Waals surface area contributed by atoms with Crippen LogP contribution in [0.25, 0.3) is 28.0 Å². The van der Waals surface area contributed by atoms with Crippen LogP contribution in [0.5, 0.6) is 0 Å². The van der Waals surface area contributed by atoms with Crippen LogP contribution in [-0.4, -0.2) is 14.6 Å². The minimum atomic E-state index is -5.00. The summed E-state index contributed by atoms with van der Waals surface area (Å²) in [6.45, 7) is 1.80. The van der Waals surface area contributed by atoms with Crippen molar-refractivity contribution in [3.8, 4) is 22.4 Å². The minimum absolute atomic E-state index is 0.00611. The number of aromatic nitrogens is 3. The normalized spacial score (nSPS) is 12.5. The number of rotatable bonds is 2. The van der Waals surface area contributed by atoms with Crippen LogP contribution in [0, 0.1) is 6.92 Å². The molecule has 4 aromatic rings. The van der Waals surface area contributed by atoms with E-state index in [1.807, 2.05) is 0 Å². The van der Waals surface area contributed by atoms with E-state index in [1.165, 1.54) is 24.3 Å². The highest BCUT2D eigenvalue weighted by Gasteiger charge is 2.42. The zero-order chi connectivity index (χ0) is 22.6. The van der Waals surface area contributed by atoms with Crippen LogP contribution < -0.4 is 0 Å². The molecule has 0 amide bonds. The standard InChI is InChI=1S/C21H12ClF6N3/c1-11-2-4-12(5-3-11)15-10-16(20(23,24)25)31-19(29-15)17(18(30-31)21(26,27)28)13-6-8-14(22)9-7-13/h2-10H,1H3. The van der Waals surface area contributed by atoms with Crippen LogP contribution in [0.1, 0.15) is 17.0 Å². The number of benzene rings is 2. The van der Waals surface area contributed by atoms with Gasteiger partial charge in [-0.05, 0) is 30.7 Å². The van der Waals surface area contributed by atoms with Gasteiger partial charge in [0.2, 0.25) is 0 Å². The zero-order valence-electron chi connectivity index (χ0n) is 15.7. The fraction of sp³-hybridized carbons (Fsp3) is 0.143. The molecule has 0 aliphatic rings. The van der Waals surface area contributed by atoms with Gasteiger partial charge in [0.25, 0.3) is 0 Å². The van der Waals surface area contributed by atoms with E-state index >= 15 is 0 Å². The van der Waals surface area contributed by atoms with Crippen LogP contribution in [0.3, 0.4) is 0 Å². The number of fused-ring (bicyclic) bond motifs is 1. The molecule has 10 heteroatoms. The third-order valence-electron chi connectivity index (χ3n) is 4.63. The van der Waals surface area contributed by atoms with Gasteiger partial charge in [-0.25, -0.2) is 9.50 Å². The van der Waals surface area contributed by atoms with E-state index in [4.69, 9.17) is 11.6 Å². The number of nitrogens with zero attached hydrogens (tertiary/aromatic N) is 3. The number of aryl methyl sites for hydroxylation is 1. The van der Waals surface area contributed by atoms with Gasteiger partial charge in [0.05, 0.1) is 11.3 Å². The summed E-state index contributed by atoms with van der Waals surface area (Å²) in [5.41, 5.74) is -2.87. The van der Waals surface area contributed by atoms with Gasteiger partial charge < -0.3 is 0 Å². The molecule has 0 radical (unpaired) electrons. The van der Waals surface area contributed by atoms with Gasteiger partial charge in [-0.3, -0.25) is 0 Å². The molecule has 0 spiro atoms. The van der Waals surface area contributed by atoms with Crippen molar-refractivity contribution in [1.82, 2.24) is 14.6 Å². The van der Waals surface area contributed by atoms with Crippen LogP contribution in [-0.2, 0) is 12.4 Å². The van der Waals surface area contributed by atoms with E-state index in [0.717, 1.165) is 5.56 Å². The summed E-state index contributed by atoms with van der Waals surface area (Å²) in [7, 11) is 0. The molecule has 0 N–H and O–H groups in total. The maximum Gasteiger partial charge on any atom is 0.435 e. The van der Waals surface area contributed by atoms with Crippen molar-refractivity contribution < 1.29 is 26.3 Å². The Hall–Kier alpha value is -3.07. The molecule has 2 aromatic heterocycles. The molecule has 0 atom stereocenters. The zero-order valence-corrected chi connectivity index (χ0v) is 16.4. The Morgan fingerprint density at radius 2 is 1.39 bits per heavy atom. The van der Waals surface area contributed by atoms with E-state index < -0.39 is 35.0 Å². The highest BCUT2D eigenvalue weighted by molar-refractivity contribution is 6.30. The predicted octanol–water partition coefficient (Wildman–Crippen LogP) is 7.06. The van der Waals surface area contributed by atoms with Crippen molar-refractivity contribution in [2.75, 3.05) is 0 Å². The van der Waals surface area contributed by atoms with Crippen LogP contribution >= 0.6 is 11.6 Å². The van der Waals surface area contributed by atoms with E-state index in [0.29, 0.717) is 11.6 Å². The first-order chi connectivity index (χ1) is 14.4. The average molecular weight is 456 g/mol. The second kappa shape index (κ2) is 7.26. The monoisotopic (exact) mass is 455 g/mol. The number of hydrogen-bond donors (Lipinski definition) is 0. The van der Waals surface area contributed by atoms with Crippen molar-refractivity contribution >= 4 is 17.2 Å². The van der Waals surface area contributed by atoms with E-state index in [9.17, 15) is 26.3 Å². The molecular weight excluding hydrogens is 444 g/mol. The Bertz CT molecular complexity index is 1260. The number of halogens is 7. The van der Waals surface area contributed by atoms with Crippen molar-refractivity contribution in [3.05, 3.63) is 76.6 Å². The fourth-order valence-corrected chi connectivity index (χ4v) is 3.30. The molecule has 2 heterocycles. The lowest BCUT2D eigenvalue weighted by molar-refractivity contribution is -0.146. The first kappa shape index (κ1) is 21.2. The summed E-state index contributed by atoms with van der Waals surface area (Å²) < 4.78 is 82.8. The lowest BCUT2D eigenvalue weighted by Crippen LogP contribution is -2.14. The summed E-state index contributed by atoms with van der Waals surface area (Å²) >= 11 is 5.82. The summed E-state index contributed by atoms with van der Waals surface area (Å²) in [6.07, 6.45) is -9.97. The van der Waals surface area contributed by atoms with Gasteiger partial charge in [0.1, 0.15) is 0 Å². The van der Waals surface area contributed by atoms with Gasteiger partial charge in [-0.1, -0.05) is 53.6 Å². The van der Waals surface area contributed by atoms with Crippen LogP contribution in [0.2, 0.25) is 5.02 Å². The molecular formula is C21H12ClF6N3. The van der Waals surface area contributed by atoms with Crippen molar-refractivity contribution in [1.29, 1.82) is 0 Å². The minimum Gasteiger partial charge on any atom is -0.228 e. The van der Waals surface area contributed by atoms with Gasteiger partial charge in [0.15, 0.2) is 17.0 Å². The maximum absolute atomic E-state index is 13.8. The summed E-state index contributed by atoms with van der Waals surface area (Å²) in [5.74, 6) is 0. The first-order valence-corrected chi connectivity index (χ1v) is 9.24. The summed E-state index contributed by atoms with van der Waals surface area (Å²) in [5, 5.41) is 3.54. The number of alkyl halides is 6. The van der Waals surface area contributed by atoms with Gasteiger partial charge in [-0.15, -0.1) is 0 Å². The summed E-state index contributed by atoms with van der Waals surface area (Å²) in [4.78, 5) is 4.15. The molecule has 0 saturated heterocycles. The molecule has 0 fully saturated rings. The highest BCUT2D eigenvalue weighted by Crippen LogP contribution is 2.41. The fourth-order valence-electron chi connectivity index (χ4n) is 3.17. The molecule has 0 unspecified atom stereocenters. The van der Waals surface area contributed by atoms with Crippen LogP contribution in [0.4, 0.5) is 26.3 Å². The molecule has 4 rings (SSSR count). The molecule has 2 aromatic carbocycles. The first-order valence-electron chi connectivity index (χ1n) is 8.86. The predicted molar refractivity (Wildman–Crippen MR) is 104 cm³/mol. The van der Waals surface area contributed by atoms with Gasteiger partial charge >= 0.3 is 12.4 Å². The van der Waals surface area contributed by atoms with Crippen molar-refractivity contribution in [3.63, 3.8) is 0 Å². The Kier molecular flexibility index (Phi) is 4.96. The SMILES string of the molecule is Cc1ccc(-c2cc(C(F)(F)F)n3nc(C(F)(F)F)c(-c4ccc(Cl)cc4)c3n2)cc1. The van der Waals surface area contributed by atoms with Crippen molar-refractivity contribution in [2.24, 2.45) is 0 Å². The second-order valence-electron chi connectivity index (χ2n) is 6.85. The molecule has 0 bridgehead atoms. The summed E-state index contributed by atoms with van der Waals surface area (Å²) in [6, 6.07) is 12.4. The Labute approximate surface area is 176 Å². The molecule has 0 aliphatic carbocycles. The van der Waals surface area contributed by atoms with E-state index in [1.54, 1.807) is 31.2 Å². The van der Waals surface area contributed by atoms with Gasteiger partial charge in [-0.2, -0.15) is 31.4 Å². The molecule has 0 aliphatic heterocycles. The smallest absolute Gasteiger partial charge is 0.228 e. The molecule has 3 nitrogen and oxygen atoms in total. The largest absolute Gasteiger partial charge is 0.435 e. The lowest BCUT2D eigenvalue weighted by Gasteiger charge is -2.12. The Morgan fingerprint density at radius 3 is 1.94 bits per heavy atom. The van der Waals surface area contributed by atoms with E-state index in [-0.39, 0.29) is 20.8 Å². The highest BCUT2D eigenvalue weighted by atomic mass is 35.5. The Balaban J connectivity index is 2.12. The van der Waals surface area contributed by atoms with Gasteiger partial charge in [0, 0.05) is 10.6 Å². The maximum atomic E-state index is 13.8. The molecule has 160 valence electrons. The third-order valence-corrected chi connectivity index (χ3v) is 4.88. The Morgan fingerprint density at radius 1 is 0.806 bits per heavy atom. The number of hydrogen-bond acceptors (Lipinski definition) is 2. The quantitative estimate of drug-likeness (QED) is 0.303. The van der Waals surface area contributed by atoms with Crippen molar-refractivity contribution in [2.45, 2.75) is 19.3 Å². The van der Waals surface area contributed by atoms with E-state index in [2.05, 4.69) is 10.1 Å². The second-order valence-corrected chi connectivity index (χ2v) is 7.29. The molecule has 0 saturated carbocycles. The van der Waals surface area contributed by atoms with Crippen LogP contribution in [0.15, 0.2) is 54.6 Å². The lowest BCUT2D eigenvalue weighted by atomic mass is 10.0. The topological polar surface area (TPSA) is 30.2 Å². The third kappa shape index (κ3) is 3.97. The molecule has 31 heavy (non-hydrogen) atoms.